The van der Waals surface area contributed by atoms with E-state index in [4.69, 9.17) is 4.74 Å². The van der Waals surface area contributed by atoms with Crippen LogP contribution >= 0.6 is 0 Å². The van der Waals surface area contributed by atoms with Gasteiger partial charge in [-0.05, 0) is 19.8 Å². The lowest BCUT2D eigenvalue weighted by Gasteiger charge is -2.26. The standard InChI is InChI=1S/C14H22F3NO4/c1-10(12(20)18-9-14(15,16)17)22-11(19)8-13(21)6-4-2-3-5-7-13/h10,21H,2-9H2,1H3,(H,18,20). The summed E-state index contributed by atoms with van der Waals surface area (Å²) < 4.78 is 40.8. The van der Waals surface area contributed by atoms with Gasteiger partial charge in [0.2, 0.25) is 0 Å². The van der Waals surface area contributed by atoms with Gasteiger partial charge in [-0.3, -0.25) is 9.59 Å². The Labute approximate surface area is 127 Å². The van der Waals surface area contributed by atoms with Crippen molar-refractivity contribution in [3.05, 3.63) is 0 Å². The van der Waals surface area contributed by atoms with Crippen molar-refractivity contribution < 1.29 is 32.6 Å². The molecule has 1 unspecified atom stereocenters. The van der Waals surface area contributed by atoms with Crippen LogP contribution in [0.2, 0.25) is 0 Å². The third kappa shape index (κ3) is 7.11. The van der Waals surface area contributed by atoms with E-state index in [2.05, 4.69) is 0 Å². The summed E-state index contributed by atoms with van der Waals surface area (Å²) in [5, 5.41) is 12.0. The number of hydrogen-bond acceptors (Lipinski definition) is 4. The van der Waals surface area contributed by atoms with E-state index in [9.17, 15) is 27.9 Å². The molecule has 1 aliphatic rings. The summed E-state index contributed by atoms with van der Waals surface area (Å²) in [6.45, 7) is -0.279. The molecule has 0 spiro atoms. The Balaban J connectivity index is 2.41. The lowest BCUT2D eigenvalue weighted by molar-refractivity contribution is -0.161. The van der Waals surface area contributed by atoms with Gasteiger partial charge in [-0.2, -0.15) is 13.2 Å². The number of esters is 1. The van der Waals surface area contributed by atoms with E-state index < -0.39 is 36.3 Å². The lowest BCUT2D eigenvalue weighted by atomic mass is 9.91. The number of rotatable bonds is 5. The van der Waals surface area contributed by atoms with Crippen LogP contribution in [0, 0.1) is 0 Å². The highest BCUT2D eigenvalue weighted by Crippen LogP contribution is 2.30. The molecule has 8 heteroatoms. The lowest BCUT2D eigenvalue weighted by Crippen LogP contribution is -2.41. The number of hydrogen-bond donors (Lipinski definition) is 2. The Bertz CT molecular complexity index is 390. The highest BCUT2D eigenvalue weighted by Gasteiger charge is 2.33. The number of nitrogens with one attached hydrogen (secondary N) is 1. The second-order valence-electron chi connectivity index (χ2n) is 5.78. The molecule has 22 heavy (non-hydrogen) atoms. The molecular weight excluding hydrogens is 303 g/mol. The number of amides is 1. The van der Waals surface area contributed by atoms with Crippen LogP contribution in [0.3, 0.4) is 0 Å². The fraction of sp³-hybridized carbons (Fsp3) is 0.857. The third-order valence-corrected chi connectivity index (χ3v) is 3.65. The van der Waals surface area contributed by atoms with Crippen molar-refractivity contribution in [2.75, 3.05) is 6.54 Å². The molecule has 0 aromatic rings. The molecule has 0 radical (unpaired) electrons. The third-order valence-electron chi connectivity index (χ3n) is 3.65. The van der Waals surface area contributed by atoms with Crippen molar-refractivity contribution in [1.82, 2.24) is 5.32 Å². The number of carbonyl (C=O) groups is 2. The number of carbonyl (C=O) groups excluding carboxylic acids is 2. The van der Waals surface area contributed by atoms with E-state index in [-0.39, 0.29) is 6.42 Å². The first-order valence-electron chi connectivity index (χ1n) is 7.38. The summed E-state index contributed by atoms with van der Waals surface area (Å²) in [6.07, 6.45) is -1.52. The summed E-state index contributed by atoms with van der Waals surface area (Å²) in [4.78, 5) is 23.2. The molecular formula is C14H22F3NO4. The minimum atomic E-state index is -4.52. The minimum absolute atomic E-state index is 0.246. The normalized spacial score (nSPS) is 19.9. The predicted molar refractivity (Wildman–Crippen MR) is 71.9 cm³/mol. The van der Waals surface area contributed by atoms with Gasteiger partial charge < -0.3 is 15.2 Å². The Hall–Kier alpha value is -1.31. The van der Waals surface area contributed by atoms with Crippen LogP contribution in [-0.4, -0.2) is 41.4 Å². The van der Waals surface area contributed by atoms with Gasteiger partial charge in [0.25, 0.3) is 5.91 Å². The number of ether oxygens (including phenoxy) is 1. The first-order valence-corrected chi connectivity index (χ1v) is 7.38. The predicted octanol–water partition coefficient (Wildman–Crippen LogP) is 2.07. The molecule has 0 heterocycles. The average molecular weight is 325 g/mol. The van der Waals surface area contributed by atoms with E-state index in [1.54, 1.807) is 5.32 Å². The van der Waals surface area contributed by atoms with Gasteiger partial charge >= 0.3 is 12.1 Å². The van der Waals surface area contributed by atoms with Crippen LogP contribution in [0.15, 0.2) is 0 Å². The Morgan fingerprint density at radius 3 is 2.27 bits per heavy atom. The molecule has 5 nitrogen and oxygen atoms in total. The van der Waals surface area contributed by atoms with E-state index in [1.165, 1.54) is 6.92 Å². The summed E-state index contributed by atoms with van der Waals surface area (Å²) in [7, 11) is 0. The summed E-state index contributed by atoms with van der Waals surface area (Å²) in [5.41, 5.74) is -1.14. The molecule has 0 aliphatic heterocycles. The maximum Gasteiger partial charge on any atom is 0.405 e. The Morgan fingerprint density at radius 2 is 1.77 bits per heavy atom. The zero-order valence-electron chi connectivity index (χ0n) is 12.5. The van der Waals surface area contributed by atoms with Crippen LogP contribution in [0.1, 0.15) is 51.9 Å². The monoisotopic (exact) mass is 325 g/mol. The number of halogens is 3. The van der Waals surface area contributed by atoms with E-state index in [0.29, 0.717) is 12.8 Å². The SMILES string of the molecule is CC(OC(=O)CC1(O)CCCCCC1)C(=O)NCC(F)(F)F. The van der Waals surface area contributed by atoms with Crippen molar-refractivity contribution in [2.45, 2.75) is 69.8 Å². The molecule has 2 N–H and O–H groups in total. The van der Waals surface area contributed by atoms with Gasteiger partial charge in [-0.1, -0.05) is 25.7 Å². The molecule has 0 bridgehead atoms. The highest BCUT2D eigenvalue weighted by molar-refractivity contribution is 5.83. The first kappa shape index (κ1) is 18.7. The summed E-state index contributed by atoms with van der Waals surface area (Å²) >= 11 is 0. The zero-order valence-corrected chi connectivity index (χ0v) is 12.5. The first-order chi connectivity index (χ1) is 10.1. The smallest absolute Gasteiger partial charge is 0.405 e. The summed E-state index contributed by atoms with van der Waals surface area (Å²) in [6, 6.07) is 0. The van der Waals surface area contributed by atoms with E-state index in [1.807, 2.05) is 0 Å². The second-order valence-corrected chi connectivity index (χ2v) is 5.78. The molecule has 128 valence electrons. The molecule has 1 aliphatic carbocycles. The van der Waals surface area contributed by atoms with Gasteiger partial charge in [0, 0.05) is 0 Å². The fourth-order valence-electron chi connectivity index (χ4n) is 2.46. The zero-order chi connectivity index (χ0) is 16.8. The van der Waals surface area contributed by atoms with Crippen LogP contribution < -0.4 is 5.32 Å². The van der Waals surface area contributed by atoms with Crippen molar-refractivity contribution in [2.24, 2.45) is 0 Å². The van der Waals surface area contributed by atoms with Crippen LogP contribution in [0.25, 0.3) is 0 Å². The molecule has 0 saturated heterocycles. The van der Waals surface area contributed by atoms with E-state index in [0.717, 1.165) is 25.7 Å². The molecule has 1 amide bonds. The largest absolute Gasteiger partial charge is 0.452 e. The second kappa shape index (κ2) is 7.80. The van der Waals surface area contributed by atoms with Gasteiger partial charge in [-0.15, -0.1) is 0 Å². The van der Waals surface area contributed by atoms with Crippen molar-refractivity contribution in [3.8, 4) is 0 Å². The highest BCUT2D eigenvalue weighted by atomic mass is 19.4. The molecule has 0 aromatic heterocycles. The van der Waals surface area contributed by atoms with Gasteiger partial charge in [-0.25, -0.2) is 0 Å². The molecule has 1 fully saturated rings. The maximum absolute atomic E-state index is 12.0. The molecule has 1 atom stereocenters. The molecule has 1 saturated carbocycles. The van der Waals surface area contributed by atoms with Crippen molar-refractivity contribution in [1.29, 1.82) is 0 Å². The van der Waals surface area contributed by atoms with Crippen molar-refractivity contribution >= 4 is 11.9 Å². The quantitative estimate of drug-likeness (QED) is 0.599. The Morgan fingerprint density at radius 1 is 1.23 bits per heavy atom. The van der Waals surface area contributed by atoms with Crippen LogP contribution in [-0.2, 0) is 14.3 Å². The number of alkyl halides is 3. The van der Waals surface area contributed by atoms with Gasteiger partial charge in [0.05, 0.1) is 12.0 Å². The molecule has 1 rings (SSSR count). The van der Waals surface area contributed by atoms with Gasteiger partial charge in [0.15, 0.2) is 6.10 Å². The van der Waals surface area contributed by atoms with Crippen LogP contribution in [0.5, 0.6) is 0 Å². The van der Waals surface area contributed by atoms with Gasteiger partial charge in [0.1, 0.15) is 6.54 Å². The maximum atomic E-state index is 12.0. The van der Waals surface area contributed by atoms with E-state index >= 15 is 0 Å². The Kier molecular flexibility index (Phi) is 6.65. The van der Waals surface area contributed by atoms with Crippen molar-refractivity contribution in [3.63, 3.8) is 0 Å². The minimum Gasteiger partial charge on any atom is -0.452 e. The fourth-order valence-corrected chi connectivity index (χ4v) is 2.46. The average Bonchev–Trinajstić information content (AvgIpc) is 2.59. The topological polar surface area (TPSA) is 75.6 Å². The molecule has 0 aromatic carbocycles. The van der Waals surface area contributed by atoms with Crippen LogP contribution in [0.4, 0.5) is 13.2 Å². The number of aliphatic hydroxyl groups is 1. The summed E-state index contributed by atoms with van der Waals surface area (Å²) in [5.74, 6) is -1.79.